The Hall–Kier alpha value is -2.14. The molecule has 0 aromatic carbocycles. The number of unbranched alkanes of at least 4 members (excludes halogenated alkanes) is 16. The molecule has 5 nitrogen and oxygen atoms in total. The Morgan fingerprint density at radius 1 is 0.523 bits per heavy atom. The summed E-state index contributed by atoms with van der Waals surface area (Å²) in [6.45, 7) is 4.04. The molecule has 0 aromatic heterocycles. The van der Waals surface area contributed by atoms with E-state index < -0.39 is 6.10 Å². The maximum absolute atomic E-state index is 12.1. The van der Waals surface area contributed by atoms with Crippen molar-refractivity contribution in [3.8, 4) is 0 Å². The molecule has 0 amide bonds. The Balaban J connectivity index is 3.62. The van der Waals surface area contributed by atoms with Crippen molar-refractivity contribution in [2.45, 2.75) is 174 Å². The number of allylic oxidation sites excluding steroid dienone is 8. The first-order chi connectivity index (χ1) is 21.6. The lowest BCUT2D eigenvalue weighted by Crippen LogP contribution is -2.28. The van der Waals surface area contributed by atoms with E-state index in [1.54, 1.807) is 0 Å². The fourth-order valence-corrected chi connectivity index (χ4v) is 4.77. The second-order valence-corrected chi connectivity index (χ2v) is 11.9. The molecule has 1 N–H and O–H groups in total. The van der Waals surface area contributed by atoms with E-state index in [2.05, 4.69) is 62.5 Å². The van der Waals surface area contributed by atoms with Crippen molar-refractivity contribution >= 4 is 11.9 Å². The molecule has 0 aliphatic carbocycles. The minimum absolute atomic E-state index is 0.0767. The lowest BCUT2D eigenvalue weighted by Gasteiger charge is -2.15. The van der Waals surface area contributed by atoms with Gasteiger partial charge in [0.05, 0.1) is 6.61 Å². The molecule has 0 unspecified atom stereocenters. The molecule has 0 saturated heterocycles. The van der Waals surface area contributed by atoms with Gasteiger partial charge in [-0.1, -0.05) is 133 Å². The largest absolute Gasteiger partial charge is 0.462 e. The standard InChI is InChI=1S/C39H68O5/c1-3-5-7-9-11-13-15-16-17-18-19-20-21-22-24-26-28-30-32-34-39(42)44-37(35-40)36-43-38(41)33-31-29-27-25-23-14-12-10-8-6-4-2/h10-13,16-17,19-20,37,40H,3-9,14-15,18,21-36H2,1-2H3/b12-10-,13-11-,17-16-,20-19-/t37-/m0/s1. The third kappa shape index (κ3) is 32.8. The molecule has 0 spiro atoms. The van der Waals surface area contributed by atoms with Gasteiger partial charge < -0.3 is 14.6 Å². The van der Waals surface area contributed by atoms with Crippen molar-refractivity contribution in [1.29, 1.82) is 0 Å². The zero-order chi connectivity index (χ0) is 32.2. The Labute approximate surface area is 271 Å². The number of carbonyl (C=O) groups excluding carboxylic acids is 2. The normalized spacial score (nSPS) is 12.7. The van der Waals surface area contributed by atoms with E-state index in [4.69, 9.17) is 9.47 Å². The lowest BCUT2D eigenvalue weighted by molar-refractivity contribution is -0.161. The third-order valence-electron chi connectivity index (χ3n) is 7.60. The summed E-state index contributed by atoms with van der Waals surface area (Å²) in [7, 11) is 0. The highest BCUT2D eigenvalue weighted by molar-refractivity contribution is 5.70. The van der Waals surface area contributed by atoms with Crippen LogP contribution in [-0.2, 0) is 19.1 Å². The fourth-order valence-electron chi connectivity index (χ4n) is 4.77. The van der Waals surface area contributed by atoms with Crippen LogP contribution in [0.1, 0.15) is 168 Å². The minimum Gasteiger partial charge on any atom is -0.462 e. The first-order valence-corrected chi connectivity index (χ1v) is 18.2. The first-order valence-electron chi connectivity index (χ1n) is 18.2. The average molecular weight is 617 g/mol. The van der Waals surface area contributed by atoms with Crippen molar-refractivity contribution in [2.24, 2.45) is 0 Å². The maximum Gasteiger partial charge on any atom is 0.306 e. The monoisotopic (exact) mass is 617 g/mol. The van der Waals surface area contributed by atoms with Crippen LogP contribution in [0.25, 0.3) is 0 Å². The summed E-state index contributed by atoms with van der Waals surface area (Å²) in [5.74, 6) is -0.621. The smallest absolute Gasteiger partial charge is 0.306 e. The van der Waals surface area contributed by atoms with Crippen LogP contribution >= 0.6 is 0 Å². The van der Waals surface area contributed by atoms with Crippen molar-refractivity contribution < 1.29 is 24.2 Å². The van der Waals surface area contributed by atoms with Crippen LogP contribution < -0.4 is 0 Å². The Morgan fingerprint density at radius 3 is 1.45 bits per heavy atom. The van der Waals surface area contributed by atoms with Crippen LogP contribution in [0, 0.1) is 0 Å². The number of aliphatic hydroxyl groups is 1. The van der Waals surface area contributed by atoms with Gasteiger partial charge in [0.25, 0.3) is 0 Å². The van der Waals surface area contributed by atoms with E-state index in [0.29, 0.717) is 12.8 Å². The van der Waals surface area contributed by atoms with E-state index in [0.717, 1.165) is 64.2 Å². The van der Waals surface area contributed by atoms with Gasteiger partial charge in [-0.05, 0) is 70.6 Å². The summed E-state index contributed by atoms with van der Waals surface area (Å²) < 4.78 is 10.5. The average Bonchev–Trinajstić information content (AvgIpc) is 3.02. The Morgan fingerprint density at radius 2 is 0.932 bits per heavy atom. The van der Waals surface area contributed by atoms with Crippen LogP contribution in [0.4, 0.5) is 0 Å². The predicted molar refractivity (Wildman–Crippen MR) is 187 cm³/mol. The minimum atomic E-state index is -0.780. The van der Waals surface area contributed by atoms with Gasteiger partial charge in [-0.3, -0.25) is 9.59 Å². The van der Waals surface area contributed by atoms with Crippen molar-refractivity contribution in [1.82, 2.24) is 0 Å². The maximum atomic E-state index is 12.1. The number of rotatable bonds is 32. The third-order valence-corrected chi connectivity index (χ3v) is 7.60. The van der Waals surface area contributed by atoms with Crippen LogP contribution in [0.15, 0.2) is 48.6 Å². The molecule has 0 aliphatic heterocycles. The van der Waals surface area contributed by atoms with Crippen LogP contribution in [0.3, 0.4) is 0 Å². The van der Waals surface area contributed by atoms with Gasteiger partial charge in [0, 0.05) is 12.8 Å². The van der Waals surface area contributed by atoms with Crippen LogP contribution in [0.2, 0.25) is 0 Å². The first kappa shape index (κ1) is 41.9. The highest BCUT2D eigenvalue weighted by Crippen LogP contribution is 2.12. The number of carbonyl (C=O) groups is 2. The number of hydrogen-bond acceptors (Lipinski definition) is 5. The topological polar surface area (TPSA) is 72.8 Å². The van der Waals surface area contributed by atoms with Gasteiger partial charge in [0.2, 0.25) is 0 Å². The van der Waals surface area contributed by atoms with Crippen molar-refractivity contribution in [3.05, 3.63) is 48.6 Å². The van der Waals surface area contributed by atoms with E-state index >= 15 is 0 Å². The second kappa shape index (κ2) is 35.3. The number of ether oxygens (including phenoxy) is 2. The molecule has 0 heterocycles. The molecule has 0 radical (unpaired) electrons. The summed E-state index contributed by atoms with van der Waals surface area (Å²) in [4.78, 5) is 24.1. The SMILES string of the molecule is CCCC/C=C\CCCCCCCC(=O)OC[C@H](CO)OC(=O)CCCCCCCC/C=C\C/C=C\C/C=C\CCCCC. The predicted octanol–water partition coefficient (Wildman–Crippen LogP) is 11.1. The molecule has 1 atom stereocenters. The van der Waals surface area contributed by atoms with Gasteiger partial charge in [-0.15, -0.1) is 0 Å². The molecule has 0 aliphatic rings. The summed E-state index contributed by atoms with van der Waals surface area (Å²) >= 11 is 0. The molecule has 5 heteroatoms. The van der Waals surface area contributed by atoms with Gasteiger partial charge in [-0.25, -0.2) is 0 Å². The highest BCUT2D eigenvalue weighted by atomic mass is 16.6. The Bertz CT molecular complexity index is 752. The highest BCUT2D eigenvalue weighted by Gasteiger charge is 2.16. The van der Waals surface area contributed by atoms with E-state index in [9.17, 15) is 14.7 Å². The number of hydrogen-bond donors (Lipinski definition) is 1. The van der Waals surface area contributed by atoms with Gasteiger partial charge in [-0.2, -0.15) is 0 Å². The molecule has 0 bridgehead atoms. The quantitative estimate of drug-likeness (QED) is 0.0462. The molecule has 44 heavy (non-hydrogen) atoms. The van der Waals surface area contributed by atoms with E-state index in [1.165, 1.54) is 77.0 Å². The number of aliphatic hydroxyl groups excluding tert-OH is 1. The second-order valence-electron chi connectivity index (χ2n) is 11.9. The molecular formula is C39H68O5. The lowest BCUT2D eigenvalue weighted by atomic mass is 10.1. The molecule has 0 saturated carbocycles. The van der Waals surface area contributed by atoms with E-state index in [1.807, 2.05) is 0 Å². The number of esters is 2. The fraction of sp³-hybridized carbons (Fsp3) is 0.744. The molecule has 0 fully saturated rings. The Kier molecular flexibility index (Phi) is 33.6. The summed E-state index contributed by atoms with van der Waals surface area (Å²) in [5, 5.41) is 9.52. The molecule has 0 rings (SSSR count). The summed E-state index contributed by atoms with van der Waals surface area (Å²) in [6.07, 6.45) is 43.0. The van der Waals surface area contributed by atoms with Crippen LogP contribution in [0.5, 0.6) is 0 Å². The van der Waals surface area contributed by atoms with Gasteiger partial charge >= 0.3 is 11.9 Å². The van der Waals surface area contributed by atoms with Crippen molar-refractivity contribution in [2.75, 3.05) is 13.2 Å². The van der Waals surface area contributed by atoms with Gasteiger partial charge in [0.1, 0.15) is 6.61 Å². The zero-order valence-corrected chi connectivity index (χ0v) is 28.7. The van der Waals surface area contributed by atoms with E-state index in [-0.39, 0.29) is 25.2 Å². The summed E-state index contributed by atoms with van der Waals surface area (Å²) in [6, 6.07) is 0. The zero-order valence-electron chi connectivity index (χ0n) is 28.7. The summed E-state index contributed by atoms with van der Waals surface area (Å²) in [5.41, 5.74) is 0. The van der Waals surface area contributed by atoms with Crippen LogP contribution in [-0.4, -0.2) is 36.4 Å². The van der Waals surface area contributed by atoms with Gasteiger partial charge in [0.15, 0.2) is 6.10 Å². The molecule has 254 valence electrons. The van der Waals surface area contributed by atoms with Crippen molar-refractivity contribution in [3.63, 3.8) is 0 Å². The molecule has 0 aromatic rings. The molecular weight excluding hydrogens is 548 g/mol.